The van der Waals surface area contributed by atoms with Crippen LogP contribution < -0.4 is 5.73 Å². The Balaban J connectivity index is 1.89. The van der Waals surface area contributed by atoms with E-state index < -0.39 is 0 Å². The first-order chi connectivity index (χ1) is 10.8. The fraction of sp³-hybridized carbons (Fsp3) is 0. The molecule has 3 heterocycles. The largest absolute Gasteiger partial charge is 0.398 e. The van der Waals surface area contributed by atoms with Gasteiger partial charge in [-0.1, -0.05) is 6.07 Å². The van der Waals surface area contributed by atoms with Gasteiger partial charge in [-0.2, -0.15) is 3.89 Å². The summed E-state index contributed by atoms with van der Waals surface area (Å²) in [5.74, 6) is 0. The van der Waals surface area contributed by atoms with Crippen LogP contribution in [0.3, 0.4) is 0 Å². The monoisotopic (exact) mass is 310 g/mol. The molecule has 0 unspecified atom stereocenters. The predicted octanol–water partition coefficient (Wildman–Crippen LogP) is 4.34. The van der Waals surface area contributed by atoms with Crippen LogP contribution in [0.25, 0.3) is 33.2 Å². The second-order valence-electron chi connectivity index (χ2n) is 4.97. The number of nitrogen functional groups attached to an aromatic ring is 1. The Morgan fingerprint density at radius 3 is 2.82 bits per heavy atom. The van der Waals surface area contributed by atoms with Crippen LogP contribution in [0.5, 0.6) is 0 Å². The zero-order valence-corrected chi connectivity index (χ0v) is 12.2. The molecule has 0 spiro atoms. The van der Waals surface area contributed by atoms with E-state index in [1.165, 1.54) is 0 Å². The Labute approximate surface area is 129 Å². The van der Waals surface area contributed by atoms with E-state index >= 15 is 0 Å². The molecule has 108 valence electrons. The molecule has 0 aliphatic heterocycles. The van der Waals surface area contributed by atoms with Crippen LogP contribution in [0.2, 0.25) is 0 Å². The van der Waals surface area contributed by atoms with Crippen LogP contribution in [-0.4, -0.2) is 15.0 Å². The summed E-state index contributed by atoms with van der Waals surface area (Å²) in [5.41, 5.74) is 9.68. The van der Waals surface area contributed by atoms with Gasteiger partial charge in [0.05, 0.1) is 28.3 Å². The van der Waals surface area contributed by atoms with Crippen molar-refractivity contribution < 1.29 is 3.89 Å². The first-order valence-electron chi connectivity index (χ1n) is 6.67. The number of nitrogens with one attached hydrogen (secondary N) is 1. The lowest BCUT2D eigenvalue weighted by molar-refractivity contribution is 0.935. The molecule has 4 rings (SSSR count). The number of nitrogens with zero attached hydrogens (tertiary/aromatic N) is 2. The Morgan fingerprint density at radius 2 is 2.00 bits per heavy atom. The van der Waals surface area contributed by atoms with Crippen LogP contribution in [0.4, 0.5) is 9.57 Å². The SMILES string of the molecule is Nc1cc(-c2ccc3c(n2)[nH]c2ccncc23)ccc1SF. The molecular weight excluding hydrogens is 299 g/mol. The quantitative estimate of drug-likeness (QED) is 0.541. The number of hydrogen-bond donors (Lipinski definition) is 2. The molecule has 3 aromatic heterocycles. The zero-order valence-electron chi connectivity index (χ0n) is 11.4. The maximum absolute atomic E-state index is 12.7. The summed E-state index contributed by atoms with van der Waals surface area (Å²) < 4.78 is 12.7. The van der Waals surface area contributed by atoms with Crippen molar-refractivity contribution >= 4 is 39.8 Å². The van der Waals surface area contributed by atoms with Gasteiger partial charge in [0.2, 0.25) is 0 Å². The Bertz CT molecular complexity index is 996. The summed E-state index contributed by atoms with van der Waals surface area (Å²) >= 11 is 0.146. The van der Waals surface area contributed by atoms with Gasteiger partial charge in [0.1, 0.15) is 5.65 Å². The number of H-pyrrole nitrogens is 1. The van der Waals surface area contributed by atoms with Crippen molar-refractivity contribution in [2.24, 2.45) is 0 Å². The van der Waals surface area contributed by atoms with E-state index in [1.807, 2.05) is 30.5 Å². The molecule has 0 saturated heterocycles. The second-order valence-corrected chi connectivity index (χ2v) is 5.56. The molecule has 1 aromatic carbocycles. The molecule has 0 aliphatic carbocycles. The number of anilines is 1. The summed E-state index contributed by atoms with van der Waals surface area (Å²) in [7, 11) is 0. The number of halogens is 1. The van der Waals surface area contributed by atoms with Gasteiger partial charge < -0.3 is 10.7 Å². The number of benzene rings is 1. The van der Waals surface area contributed by atoms with Gasteiger partial charge in [0.25, 0.3) is 0 Å². The lowest BCUT2D eigenvalue weighted by Crippen LogP contribution is -1.90. The van der Waals surface area contributed by atoms with Gasteiger partial charge in [-0.15, -0.1) is 0 Å². The van der Waals surface area contributed by atoms with E-state index in [1.54, 1.807) is 18.3 Å². The molecule has 0 fully saturated rings. The minimum absolute atomic E-state index is 0.146. The second kappa shape index (κ2) is 4.99. The molecule has 0 amide bonds. The number of aromatic amines is 1. The van der Waals surface area contributed by atoms with Gasteiger partial charge >= 0.3 is 0 Å². The summed E-state index contributed by atoms with van der Waals surface area (Å²) in [6.07, 6.45) is 3.56. The van der Waals surface area contributed by atoms with Gasteiger partial charge in [0, 0.05) is 34.4 Å². The van der Waals surface area contributed by atoms with Crippen molar-refractivity contribution in [1.82, 2.24) is 15.0 Å². The number of hydrogen-bond acceptors (Lipinski definition) is 4. The number of rotatable bonds is 2. The molecule has 4 aromatic rings. The summed E-state index contributed by atoms with van der Waals surface area (Å²) in [6.45, 7) is 0. The Morgan fingerprint density at radius 1 is 1.09 bits per heavy atom. The maximum Gasteiger partial charge on any atom is 0.139 e. The zero-order chi connectivity index (χ0) is 15.1. The topological polar surface area (TPSA) is 67.6 Å². The molecule has 0 bridgehead atoms. The van der Waals surface area contributed by atoms with Crippen LogP contribution in [0.1, 0.15) is 0 Å². The fourth-order valence-electron chi connectivity index (χ4n) is 2.56. The van der Waals surface area contributed by atoms with Gasteiger partial charge in [0.15, 0.2) is 0 Å². The van der Waals surface area contributed by atoms with Crippen molar-refractivity contribution in [3.63, 3.8) is 0 Å². The third-order valence-corrected chi connectivity index (χ3v) is 4.19. The minimum Gasteiger partial charge on any atom is -0.398 e. The summed E-state index contributed by atoms with van der Waals surface area (Å²) in [4.78, 5) is 12.5. The standard InChI is InChI=1S/C16H11FN4S/c17-22-15-4-1-9(7-12(15)18)13-3-2-10-11-8-19-6-5-14(11)21-16(10)20-13/h1-8H,18H2,(H,20,21). The molecule has 22 heavy (non-hydrogen) atoms. The third kappa shape index (κ3) is 2.00. The highest BCUT2D eigenvalue weighted by Crippen LogP contribution is 2.31. The van der Waals surface area contributed by atoms with Crippen molar-refractivity contribution in [2.75, 3.05) is 5.73 Å². The lowest BCUT2D eigenvalue weighted by atomic mass is 10.1. The Hall–Kier alpha value is -2.60. The maximum atomic E-state index is 12.7. The Kier molecular flexibility index (Phi) is 2.97. The normalized spacial score (nSPS) is 11.3. The molecule has 0 aliphatic rings. The first kappa shape index (κ1) is 13.1. The van der Waals surface area contributed by atoms with Crippen molar-refractivity contribution in [1.29, 1.82) is 0 Å². The van der Waals surface area contributed by atoms with Gasteiger partial charge in [-0.05, 0) is 30.3 Å². The third-order valence-electron chi connectivity index (χ3n) is 3.65. The molecule has 4 nitrogen and oxygen atoms in total. The number of aromatic nitrogens is 3. The van der Waals surface area contributed by atoms with Crippen molar-refractivity contribution in [2.45, 2.75) is 4.90 Å². The highest BCUT2D eigenvalue weighted by Gasteiger charge is 2.09. The van der Waals surface area contributed by atoms with Crippen LogP contribution in [0.15, 0.2) is 53.7 Å². The average molecular weight is 310 g/mol. The van der Waals surface area contributed by atoms with Crippen molar-refractivity contribution in [3.05, 3.63) is 48.8 Å². The molecular formula is C16H11FN4S. The van der Waals surface area contributed by atoms with Crippen LogP contribution in [0, 0.1) is 0 Å². The lowest BCUT2D eigenvalue weighted by Gasteiger charge is -2.05. The number of fused-ring (bicyclic) bond motifs is 3. The predicted molar refractivity (Wildman–Crippen MR) is 88.2 cm³/mol. The number of nitrogens with two attached hydrogens (primary N) is 1. The highest BCUT2D eigenvalue weighted by molar-refractivity contribution is 7.94. The van der Waals surface area contributed by atoms with E-state index in [2.05, 4.69) is 15.0 Å². The van der Waals surface area contributed by atoms with E-state index in [0.29, 0.717) is 10.6 Å². The van der Waals surface area contributed by atoms with Gasteiger partial charge in [-0.25, -0.2) is 4.98 Å². The smallest absolute Gasteiger partial charge is 0.139 e. The number of pyridine rings is 2. The molecule has 0 saturated carbocycles. The van der Waals surface area contributed by atoms with E-state index in [4.69, 9.17) is 5.73 Å². The molecule has 0 radical (unpaired) electrons. The molecule has 6 heteroatoms. The van der Waals surface area contributed by atoms with E-state index in [0.717, 1.165) is 33.2 Å². The average Bonchev–Trinajstić information content (AvgIpc) is 2.92. The van der Waals surface area contributed by atoms with Crippen LogP contribution >= 0.6 is 12.1 Å². The van der Waals surface area contributed by atoms with E-state index in [9.17, 15) is 3.89 Å². The molecule has 0 atom stereocenters. The summed E-state index contributed by atoms with van der Waals surface area (Å²) in [6, 6.07) is 11.1. The fourth-order valence-corrected chi connectivity index (χ4v) is 2.82. The highest BCUT2D eigenvalue weighted by atomic mass is 32.2. The minimum atomic E-state index is 0.146. The van der Waals surface area contributed by atoms with E-state index in [-0.39, 0.29) is 12.1 Å². The van der Waals surface area contributed by atoms with Crippen molar-refractivity contribution in [3.8, 4) is 11.3 Å². The summed E-state index contributed by atoms with van der Waals surface area (Å²) in [5, 5.41) is 2.07. The first-order valence-corrected chi connectivity index (χ1v) is 7.39. The van der Waals surface area contributed by atoms with Crippen LogP contribution in [-0.2, 0) is 0 Å². The van der Waals surface area contributed by atoms with Gasteiger partial charge in [-0.3, -0.25) is 4.98 Å². The molecule has 3 N–H and O–H groups in total.